The summed E-state index contributed by atoms with van der Waals surface area (Å²) in [5, 5.41) is 20.5. The minimum atomic E-state index is -0.934. The number of para-hydroxylation sites is 1. The molecule has 2 aromatic rings. The van der Waals surface area contributed by atoms with Crippen LogP contribution in [0.1, 0.15) is 84.8 Å². The SMILES string of the molecule is CCC(C)[C@H](NC(=O)[C@@H](C[C@H](O)[C@H](CC1CCCCC1)NC(=O)COc1ccccc1)C(C)C)C(=O)NCc1ccccn1. The predicted octanol–water partition coefficient (Wildman–Crippen LogP) is 4.79. The maximum Gasteiger partial charge on any atom is 0.258 e. The summed E-state index contributed by atoms with van der Waals surface area (Å²) in [5.41, 5.74) is 0.735. The molecule has 9 nitrogen and oxygen atoms in total. The van der Waals surface area contributed by atoms with E-state index in [-0.39, 0.29) is 49.1 Å². The molecule has 1 aliphatic carbocycles. The maximum absolute atomic E-state index is 13.7. The van der Waals surface area contributed by atoms with Gasteiger partial charge in [-0.25, -0.2) is 0 Å². The number of carbonyl (C=O) groups excluding carboxylic acids is 3. The van der Waals surface area contributed by atoms with Gasteiger partial charge in [-0.2, -0.15) is 0 Å². The summed E-state index contributed by atoms with van der Waals surface area (Å²) in [7, 11) is 0. The maximum atomic E-state index is 13.7. The molecular formula is C35H52N4O5. The lowest BCUT2D eigenvalue weighted by Gasteiger charge is -2.33. The van der Waals surface area contributed by atoms with Crippen molar-refractivity contribution in [2.45, 2.75) is 104 Å². The highest BCUT2D eigenvalue weighted by molar-refractivity contribution is 5.88. The number of nitrogens with zero attached hydrogens (tertiary/aromatic N) is 1. The van der Waals surface area contributed by atoms with Gasteiger partial charge in [0.2, 0.25) is 11.8 Å². The third-order valence-electron chi connectivity index (χ3n) is 8.84. The number of hydrogen-bond donors (Lipinski definition) is 4. The van der Waals surface area contributed by atoms with E-state index in [1.807, 2.05) is 64.1 Å². The number of aromatic nitrogens is 1. The fourth-order valence-electron chi connectivity index (χ4n) is 5.87. The lowest BCUT2D eigenvalue weighted by Crippen LogP contribution is -2.53. The van der Waals surface area contributed by atoms with Gasteiger partial charge in [0.15, 0.2) is 6.61 Å². The van der Waals surface area contributed by atoms with Crippen molar-refractivity contribution in [2.75, 3.05) is 6.61 Å². The zero-order valence-corrected chi connectivity index (χ0v) is 26.8. The van der Waals surface area contributed by atoms with Crippen LogP contribution in [0.15, 0.2) is 54.7 Å². The minimum Gasteiger partial charge on any atom is -0.484 e. The Kier molecular flexibility index (Phi) is 14.6. The summed E-state index contributed by atoms with van der Waals surface area (Å²) in [6.45, 7) is 7.93. The van der Waals surface area contributed by atoms with Crippen molar-refractivity contribution < 1.29 is 24.2 Å². The summed E-state index contributed by atoms with van der Waals surface area (Å²) in [6.07, 6.45) is 7.91. The first-order valence-corrected chi connectivity index (χ1v) is 16.3. The highest BCUT2D eigenvalue weighted by Gasteiger charge is 2.34. The monoisotopic (exact) mass is 608 g/mol. The minimum absolute atomic E-state index is 0.0914. The highest BCUT2D eigenvalue weighted by Crippen LogP contribution is 2.30. The van der Waals surface area contributed by atoms with E-state index in [0.29, 0.717) is 24.5 Å². The van der Waals surface area contributed by atoms with Gasteiger partial charge in [-0.15, -0.1) is 0 Å². The molecule has 5 atom stereocenters. The Hall–Kier alpha value is -3.46. The van der Waals surface area contributed by atoms with Crippen LogP contribution in [0.4, 0.5) is 0 Å². The van der Waals surface area contributed by atoms with E-state index >= 15 is 0 Å². The van der Waals surface area contributed by atoms with Crippen molar-refractivity contribution in [2.24, 2.45) is 23.7 Å². The van der Waals surface area contributed by atoms with Gasteiger partial charge in [0, 0.05) is 12.1 Å². The van der Waals surface area contributed by atoms with E-state index in [2.05, 4.69) is 20.9 Å². The molecule has 1 saturated carbocycles. The summed E-state index contributed by atoms with van der Waals surface area (Å²) < 4.78 is 5.64. The number of nitrogens with one attached hydrogen (secondary N) is 3. The molecule has 0 radical (unpaired) electrons. The Morgan fingerprint density at radius 1 is 0.955 bits per heavy atom. The third kappa shape index (κ3) is 11.6. The van der Waals surface area contributed by atoms with Crippen molar-refractivity contribution >= 4 is 17.7 Å². The van der Waals surface area contributed by atoms with E-state index in [1.165, 1.54) is 6.42 Å². The van der Waals surface area contributed by atoms with Gasteiger partial charge in [-0.3, -0.25) is 19.4 Å². The first-order valence-electron chi connectivity index (χ1n) is 16.3. The second kappa shape index (κ2) is 18.4. The number of rotatable bonds is 17. The van der Waals surface area contributed by atoms with Gasteiger partial charge in [0.25, 0.3) is 5.91 Å². The van der Waals surface area contributed by atoms with Crippen LogP contribution in [-0.4, -0.2) is 52.6 Å². The zero-order valence-electron chi connectivity index (χ0n) is 26.8. The molecule has 0 aliphatic heterocycles. The van der Waals surface area contributed by atoms with Gasteiger partial charge in [0.1, 0.15) is 11.8 Å². The topological polar surface area (TPSA) is 130 Å². The molecule has 1 aliphatic rings. The first kappa shape index (κ1) is 35.0. The molecule has 44 heavy (non-hydrogen) atoms. The smallest absolute Gasteiger partial charge is 0.258 e. The molecule has 0 spiro atoms. The van der Waals surface area contributed by atoms with Gasteiger partial charge in [-0.05, 0) is 54.9 Å². The van der Waals surface area contributed by atoms with E-state index in [1.54, 1.807) is 18.3 Å². The van der Waals surface area contributed by atoms with Crippen molar-refractivity contribution in [3.05, 3.63) is 60.4 Å². The largest absolute Gasteiger partial charge is 0.484 e. The average Bonchev–Trinajstić information content (AvgIpc) is 3.04. The Bertz CT molecular complexity index is 1140. The molecular weight excluding hydrogens is 556 g/mol. The van der Waals surface area contributed by atoms with Gasteiger partial charge in [0.05, 0.1) is 24.4 Å². The lowest BCUT2D eigenvalue weighted by molar-refractivity contribution is -0.134. The van der Waals surface area contributed by atoms with Crippen molar-refractivity contribution in [1.29, 1.82) is 0 Å². The molecule has 242 valence electrons. The number of aliphatic hydroxyl groups excluding tert-OH is 1. The molecule has 3 amide bonds. The van der Waals surface area contributed by atoms with Crippen LogP contribution >= 0.6 is 0 Å². The number of benzene rings is 1. The Morgan fingerprint density at radius 3 is 2.30 bits per heavy atom. The molecule has 1 heterocycles. The molecule has 9 heteroatoms. The molecule has 3 rings (SSSR count). The van der Waals surface area contributed by atoms with Crippen LogP contribution < -0.4 is 20.7 Å². The van der Waals surface area contributed by atoms with E-state index in [9.17, 15) is 19.5 Å². The lowest BCUT2D eigenvalue weighted by atomic mass is 9.81. The van der Waals surface area contributed by atoms with Crippen LogP contribution in [0.2, 0.25) is 0 Å². The predicted molar refractivity (Wildman–Crippen MR) is 171 cm³/mol. The Labute approximate surface area is 263 Å². The van der Waals surface area contributed by atoms with Gasteiger partial charge >= 0.3 is 0 Å². The number of ether oxygens (including phenoxy) is 1. The van der Waals surface area contributed by atoms with Gasteiger partial charge in [-0.1, -0.05) is 90.5 Å². The molecule has 1 aromatic carbocycles. The molecule has 4 N–H and O–H groups in total. The first-order chi connectivity index (χ1) is 21.2. The van der Waals surface area contributed by atoms with Crippen LogP contribution in [0.3, 0.4) is 0 Å². The number of carbonyl (C=O) groups is 3. The second-order valence-corrected chi connectivity index (χ2v) is 12.6. The normalized spacial score (nSPS) is 17.1. The average molecular weight is 609 g/mol. The quantitative estimate of drug-likeness (QED) is 0.205. The number of hydrogen-bond acceptors (Lipinski definition) is 6. The van der Waals surface area contributed by atoms with Crippen molar-refractivity contribution in [1.82, 2.24) is 20.9 Å². The fourth-order valence-corrected chi connectivity index (χ4v) is 5.87. The summed E-state index contributed by atoms with van der Waals surface area (Å²) in [5.74, 6) is -0.567. The van der Waals surface area contributed by atoms with Crippen LogP contribution in [-0.2, 0) is 20.9 Å². The molecule has 0 saturated heterocycles. The standard InChI is InChI=1S/C35H52N4O5/c1-5-25(4)33(35(43)37-22-27-16-12-13-19-36-27)39-34(42)29(24(2)3)21-31(40)30(20-26-14-8-6-9-15-26)38-32(41)23-44-28-17-10-7-11-18-28/h7,10-13,16-19,24-26,29-31,33,40H,5-6,8-9,14-15,20-23H2,1-4H3,(H,37,43)(H,38,41)(H,39,42)/t25?,29-,30-,31-,33-/m0/s1. The second-order valence-electron chi connectivity index (χ2n) is 12.6. The summed E-state index contributed by atoms with van der Waals surface area (Å²) >= 11 is 0. The fraction of sp³-hybridized carbons (Fsp3) is 0.600. The zero-order chi connectivity index (χ0) is 31.9. The highest BCUT2D eigenvalue weighted by atomic mass is 16.5. The van der Waals surface area contributed by atoms with Crippen molar-refractivity contribution in [3.63, 3.8) is 0 Å². The molecule has 1 unspecified atom stereocenters. The Balaban J connectivity index is 1.67. The summed E-state index contributed by atoms with van der Waals surface area (Å²) in [4.78, 5) is 44.1. The van der Waals surface area contributed by atoms with E-state index in [4.69, 9.17) is 4.74 Å². The molecule has 1 aromatic heterocycles. The Morgan fingerprint density at radius 2 is 1.66 bits per heavy atom. The number of pyridine rings is 1. The van der Waals surface area contributed by atoms with Crippen molar-refractivity contribution in [3.8, 4) is 5.75 Å². The van der Waals surface area contributed by atoms with Crippen LogP contribution in [0, 0.1) is 23.7 Å². The van der Waals surface area contributed by atoms with Crippen LogP contribution in [0.5, 0.6) is 5.75 Å². The van der Waals surface area contributed by atoms with E-state index < -0.39 is 24.1 Å². The molecule has 1 fully saturated rings. The number of amides is 3. The van der Waals surface area contributed by atoms with Gasteiger partial charge < -0.3 is 25.8 Å². The van der Waals surface area contributed by atoms with Crippen LogP contribution in [0.25, 0.3) is 0 Å². The third-order valence-corrected chi connectivity index (χ3v) is 8.84. The molecule has 0 bridgehead atoms. The summed E-state index contributed by atoms with van der Waals surface area (Å²) in [6, 6.07) is 13.4. The number of aliphatic hydroxyl groups is 1. The van der Waals surface area contributed by atoms with E-state index in [0.717, 1.165) is 31.4 Å².